The van der Waals surface area contributed by atoms with Gasteiger partial charge >= 0.3 is 0 Å². The van der Waals surface area contributed by atoms with Gasteiger partial charge in [0.25, 0.3) is 5.91 Å². The number of rotatable bonds is 3. The SMILES string of the molecule is Cc1c(Br)cc(S(N)(=O)=O)cc1C(=O)NC1CCC(C)C1. The molecule has 2 unspecified atom stereocenters. The average Bonchev–Trinajstić information content (AvgIpc) is 2.76. The highest BCUT2D eigenvalue weighted by Gasteiger charge is 2.24. The average molecular weight is 375 g/mol. The zero-order chi connectivity index (χ0) is 15.8. The Hall–Kier alpha value is -0.920. The Labute approximate surface area is 133 Å². The molecule has 21 heavy (non-hydrogen) atoms. The number of primary sulfonamides is 1. The van der Waals surface area contributed by atoms with Crippen molar-refractivity contribution in [2.45, 2.75) is 44.0 Å². The molecule has 1 saturated carbocycles. The van der Waals surface area contributed by atoms with Gasteiger partial charge in [-0.15, -0.1) is 0 Å². The lowest BCUT2D eigenvalue weighted by atomic mass is 10.1. The van der Waals surface area contributed by atoms with E-state index in [2.05, 4.69) is 28.2 Å². The summed E-state index contributed by atoms with van der Waals surface area (Å²) in [6.07, 6.45) is 3.02. The van der Waals surface area contributed by atoms with Gasteiger partial charge in [-0.25, -0.2) is 13.6 Å². The van der Waals surface area contributed by atoms with Crippen LogP contribution in [-0.4, -0.2) is 20.4 Å². The van der Waals surface area contributed by atoms with Crippen molar-refractivity contribution in [3.8, 4) is 0 Å². The summed E-state index contributed by atoms with van der Waals surface area (Å²) in [4.78, 5) is 12.3. The van der Waals surface area contributed by atoms with Crippen molar-refractivity contribution in [2.24, 2.45) is 11.1 Å². The smallest absolute Gasteiger partial charge is 0.251 e. The summed E-state index contributed by atoms with van der Waals surface area (Å²) in [7, 11) is -3.84. The Bertz CT molecular complexity index is 673. The highest BCUT2D eigenvalue weighted by atomic mass is 79.9. The van der Waals surface area contributed by atoms with E-state index in [0.29, 0.717) is 21.5 Å². The molecular formula is C14H19BrN2O3S. The van der Waals surface area contributed by atoms with Gasteiger partial charge in [0.15, 0.2) is 0 Å². The van der Waals surface area contributed by atoms with E-state index in [1.165, 1.54) is 12.1 Å². The number of carbonyl (C=O) groups excluding carboxylic acids is 1. The minimum atomic E-state index is -3.84. The lowest BCUT2D eigenvalue weighted by Crippen LogP contribution is -2.33. The van der Waals surface area contributed by atoms with E-state index in [1.807, 2.05) is 0 Å². The van der Waals surface area contributed by atoms with E-state index < -0.39 is 10.0 Å². The number of hydrogen-bond acceptors (Lipinski definition) is 3. The summed E-state index contributed by atoms with van der Waals surface area (Å²) in [6.45, 7) is 3.93. The van der Waals surface area contributed by atoms with E-state index >= 15 is 0 Å². The molecule has 5 nitrogen and oxygen atoms in total. The van der Waals surface area contributed by atoms with E-state index in [1.54, 1.807) is 6.92 Å². The van der Waals surface area contributed by atoms with Crippen molar-refractivity contribution in [1.82, 2.24) is 5.32 Å². The van der Waals surface area contributed by atoms with Crippen molar-refractivity contribution < 1.29 is 13.2 Å². The second-order valence-corrected chi connectivity index (χ2v) is 8.13. The Kier molecular flexibility index (Phi) is 4.75. The standard InChI is InChI=1S/C14H19BrN2O3S/c1-8-3-4-10(5-8)17-14(18)12-6-11(21(16,19)20)7-13(15)9(12)2/h6-8,10H,3-5H2,1-2H3,(H,17,18)(H2,16,19,20). The highest BCUT2D eigenvalue weighted by Crippen LogP contribution is 2.27. The van der Waals surface area contributed by atoms with Crippen molar-refractivity contribution >= 4 is 31.9 Å². The maximum Gasteiger partial charge on any atom is 0.251 e. The number of sulfonamides is 1. The van der Waals surface area contributed by atoms with Crippen molar-refractivity contribution in [3.63, 3.8) is 0 Å². The van der Waals surface area contributed by atoms with Crippen molar-refractivity contribution in [2.75, 3.05) is 0 Å². The van der Waals surface area contributed by atoms with Crippen LogP contribution in [0.4, 0.5) is 0 Å². The summed E-state index contributed by atoms with van der Waals surface area (Å²) in [5, 5.41) is 8.12. The summed E-state index contributed by atoms with van der Waals surface area (Å²) in [5.74, 6) is 0.358. The van der Waals surface area contributed by atoms with Gasteiger partial charge in [-0.2, -0.15) is 0 Å². The molecule has 2 rings (SSSR count). The summed E-state index contributed by atoms with van der Waals surface area (Å²) >= 11 is 3.28. The van der Waals surface area contributed by atoms with Gasteiger partial charge in [0.05, 0.1) is 4.90 Å². The molecule has 0 aliphatic heterocycles. The van der Waals surface area contributed by atoms with Crippen LogP contribution in [0, 0.1) is 12.8 Å². The van der Waals surface area contributed by atoms with Gasteiger partial charge in [0.1, 0.15) is 0 Å². The van der Waals surface area contributed by atoms with Gasteiger partial charge in [-0.1, -0.05) is 22.9 Å². The molecule has 1 fully saturated rings. The number of carbonyl (C=O) groups is 1. The van der Waals surface area contributed by atoms with E-state index in [-0.39, 0.29) is 16.8 Å². The van der Waals surface area contributed by atoms with Crippen LogP contribution in [0.3, 0.4) is 0 Å². The quantitative estimate of drug-likeness (QED) is 0.850. The van der Waals surface area contributed by atoms with Gasteiger partial charge in [-0.3, -0.25) is 4.79 Å². The molecular weight excluding hydrogens is 356 g/mol. The molecule has 0 radical (unpaired) electrons. The molecule has 2 atom stereocenters. The van der Waals surface area contributed by atoms with Gasteiger partial charge in [-0.05, 0) is 49.8 Å². The molecule has 1 aromatic rings. The van der Waals surface area contributed by atoms with Crippen molar-refractivity contribution in [1.29, 1.82) is 0 Å². The number of nitrogens with two attached hydrogens (primary N) is 1. The molecule has 0 spiro atoms. The summed E-state index contributed by atoms with van der Waals surface area (Å²) < 4.78 is 23.5. The van der Waals surface area contributed by atoms with Gasteiger partial charge in [0, 0.05) is 16.1 Å². The fraction of sp³-hybridized carbons (Fsp3) is 0.500. The molecule has 1 aliphatic carbocycles. The van der Waals surface area contributed by atoms with E-state index in [9.17, 15) is 13.2 Å². The lowest BCUT2D eigenvalue weighted by Gasteiger charge is -2.15. The number of amides is 1. The monoisotopic (exact) mass is 374 g/mol. The third-order valence-electron chi connectivity index (χ3n) is 3.92. The minimum absolute atomic E-state index is 0.0649. The van der Waals surface area contributed by atoms with Crippen LogP contribution >= 0.6 is 15.9 Å². The molecule has 1 aliphatic rings. The predicted octanol–water partition coefficient (Wildman–Crippen LogP) is 2.32. The van der Waals surface area contributed by atoms with Crippen molar-refractivity contribution in [3.05, 3.63) is 27.7 Å². The van der Waals surface area contributed by atoms with Crippen LogP contribution in [-0.2, 0) is 10.0 Å². The number of benzene rings is 1. The van der Waals surface area contributed by atoms with Crippen LogP contribution in [0.5, 0.6) is 0 Å². The van der Waals surface area contributed by atoms with E-state index in [0.717, 1.165) is 19.3 Å². The van der Waals surface area contributed by atoms with Crippen LogP contribution in [0.15, 0.2) is 21.5 Å². The van der Waals surface area contributed by atoms with E-state index in [4.69, 9.17) is 5.14 Å². The van der Waals surface area contributed by atoms with Gasteiger partial charge < -0.3 is 5.32 Å². The second-order valence-electron chi connectivity index (χ2n) is 5.71. The van der Waals surface area contributed by atoms with Crippen LogP contribution in [0.1, 0.15) is 42.1 Å². The fourth-order valence-corrected chi connectivity index (χ4v) is 3.83. The van der Waals surface area contributed by atoms with Crippen LogP contribution in [0.25, 0.3) is 0 Å². The Morgan fingerprint density at radius 2 is 2.05 bits per heavy atom. The Morgan fingerprint density at radius 3 is 2.57 bits per heavy atom. The molecule has 3 N–H and O–H groups in total. The number of hydrogen-bond donors (Lipinski definition) is 2. The van der Waals surface area contributed by atoms with Crippen LogP contribution < -0.4 is 10.5 Å². The molecule has 0 aromatic heterocycles. The second kappa shape index (κ2) is 6.06. The molecule has 7 heteroatoms. The fourth-order valence-electron chi connectivity index (χ4n) is 2.66. The maximum absolute atomic E-state index is 12.4. The third kappa shape index (κ3) is 3.84. The summed E-state index contributed by atoms with van der Waals surface area (Å²) in [5.41, 5.74) is 1.04. The number of halogens is 1. The lowest BCUT2D eigenvalue weighted by molar-refractivity contribution is 0.0936. The topological polar surface area (TPSA) is 89.3 Å². The minimum Gasteiger partial charge on any atom is -0.349 e. The first-order valence-electron chi connectivity index (χ1n) is 6.82. The molecule has 0 heterocycles. The highest BCUT2D eigenvalue weighted by molar-refractivity contribution is 9.10. The number of nitrogens with one attached hydrogen (secondary N) is 1. The molecule has 0 saturated heterocycles. The molecule has 1 aromatic carbocycles. The van der Waals surface area contributed by atoms with Gasteiger partial charge in [0.2, 0.25) is 10.0 Å². The largest absolute Gasteiger partial charge is 0.349 e. The molecule has 0 bridgehead atoms. The maximum atomic E-state index is 12.4. The predicted molar refractivity (Wildman–Crippen MR) is 84.5 cm³/mol. The first-order valence-corrected chi connectivity index (χ1v) is 9.16. The Balaban J connectivity index is 2.30. The Morgan fingerprint density at radius 1 is 1.38 bits per heavy atom. The first kappa shape index (κ1) is 16.5. The first-order chi connectivity index (χ1) is 9.68. The van der Waals surface area contributed by atoms with Crippen LogP contribution in [0.2, 0.25) is 0 Å². The molecule has 1 amide bonds. The zero-order valence-corrected chi connectivity index (χ0v) is 14.4. The third-order valence-corrected chi connectivity index (χ3v) is 5.64. The molecule has 116 valence electrons. The summed E-state index contributed by atoms with van der Waals surface area (Å²) in [6, 6.07) is 2.91. The zero-order valence-electron chi connectivity index (χ0n) is 12.0. The normalized spacial score (nSPS) is 22.3.